The molecule has 1 unspecified atom stereocenters. The number of sulfonamides is 1. The van der Waals surface area contributed by atoms with Crippen molar-refractivity contribution in [1.29, 1.82) is 5.26 Å². The van der Waals surface area contributed by atoms with E-state index in [9.17, 15) is 13.2 Å². The van der Waals surface area contributed by atoms with Crippen LogP contribution in [0.3, 0.4) is 0 Å². The molecule has 1 aliphatic rings. The van der Waals surface area contributed by atoms with Gasteiger partial charge in [-0.1, -0.05) is 6.92 Å². The molecule has 1 fully saturated rings. The Labute approximate surface area is 108 Å². The minimum atomic E-state index is -3.70. The van der Waals surface area contributed by atoms with Crippen LogP contribution in [-0.4, -0.2) is 55.5 Å². The standard InChI is InChI=1S/C11H19N3O3S/c1-3-10(8-12)18(16,17)13(2)9-11(15)14-6-4-5-7-14/h10H,3-7,9H2,1-2H3. The van der Waals surface area contributed by atoms with E-state index < -0.39 is 15.3 Å². The van der Waals surface area contributed by atoms with Crippen LogP contribution >= 0.6 is 0 Å². The number of rotatable bonds is 5. The molecule has 6 nitrogen and oxygen atoms in total. The molecule has 0 radical (unpaired) electrons. The Bertz CT molecular complexity index is 435. The molecule has 0 aromatic heterocycles. The number of hydrogen-bond acceptors (Lipinski definition) is 4. The number of likely N-dealkylation sites (tertiary alicyclic amines) is 1. The number of amides is 1. The predicted molar refractivity (Wildman–Crippen MR) is 67.1 cm³/mol. The highest BCUT2D eigenvalue weighted by molar-refractivity contribution is 7.90. The third kappa shape index (κ3) is 3.21. The van der Waals surface area contributed by atoms with Gasteiger partial charge in [-0.05, 0) is 19.3 Å². The highest BCUT2D eigenvalue weighted by Gasteiger charge is 2.31. The number of carbonyl (C=O) groups is 1. The monoisotopic (exact) mass is 273 g/mol. The van der Waals surface area contributed by atoms with Gasteiger partial charge in [-0.15, -0.1) is 0 Å². The number of likely N-dealkylation sites (N-methyl/N-ethyl adjacent to an activating group) is 1. The van der Waals surface area contributed by atoms with Gasteiger partial charge in [0.2, 0.25) is 15.9 Å². The molecule has 7 heteroatoms. The van der Waals surface area contributed by atoms with Gasteiger partial charge in [-0.3, -0.25) is 4.79 Å². The molecule has 1 rings (SSSR count). The van der Waals surface area contributed by atoms with Crippen molar-refractivity contribution >= 4 is 15.9 Å². The molecular weight excluding hydrogens is 254 g/mol. The quantitative estimate of drug-likeness (QED) is 0.715. The van der Waals surface area contributed by atoms with Gasteiger partial charge in [0.25, 0.3) is 0 Å². The van der Waals surface area contributed by atoms with Gasteiger partial charge < -0.3 is 4.90 Å². The first-order valence-electron chi connectivity index (χ1n) is 6.06. The lowest BCUT2D eigenvalue weighted by molar-refractivity contribution is -0.130. The second-order valence-electron chi connectivity index (χ2n) is 4.41. The van der Waals surface area contributed by atoms with Gasteiger partial charge >= 0.3 is 0 Å². The zero-order valence-electron chi connectivity index (χ0n) is 10.8. The van der Waals surface area contributed by atoms with E-state index in [1.54, 1.807) is 17.9 Å². The molecule has 0 saturated carbocycles. The van der Waals surface area contributed by atoms with Crippen molar-refractivity contribution in [2.75, 3.05) is 26.7 Å². The van der Waals surface area contributed by atoms with Gasteiger partial charge in [0, 0.05) is 20.1 Å². The minimum Gasteiger partial charge on any atom is -0.342 e. The van der Waals surface area contributed by atoms with Crippen LogP contribution in [0, 0.1) is 11.3 Å². The Hall–Kier alpha value is -1.13. The van der Waals surface area contributed by atoms with E-state index in [4.69, 9.17) is 5.26 Å². The Morgan fingerprint density at radius 1 is 1.44 bits per heavy atom. The number of nitrogens with zero attached hydrogens (tertiary/aromatic N) is 3. The van der Waals surface area contributed by atoms with Crippen molar-refractivity contribution < 1.29 is 13.2 Å². The van der Waals surface area contributed by atoms with Gasteiger partial charge in [0.1, 0.15) is 0 Å². The summed E-state index contributed by atoms with van der Waals surface area (Å²) < 4.78 is 24.9. The largest absolute Gasteiger partial charge is 0.342 e. The third-order valence-electron chi connectivity index (χ3n) is 3.13. The normalized spacial score (nSPS) is 17.8. The van der Waals surface area contributed by atoms with Crippen LogP contribution in [0.2, 0.25) is 0 Å². The summed E-state index contributed by atoms with van der Waals surface area (Å²) in [6.45, 7) is 2.85. The van der Waals surface area contributed by atoms with Crippen molar-refractivity contribution in [2.24, 2.45) is 0 Å². The number of hydrogen-bond donors (Lipinski definition) is 0. The van der Waals surface area contributed by atoms with Gasteiger partial charge in [0.05, 0.1) is 12.6 Å². The summed E-state index contributed by atoms with van der Waals surface area (Å²) in [5.74, 6) is -0.189. The topological polar surface area (TPSA) is 81.5 Å². The molecular formula is C11H19N3O3S. The molecule has 1 aliphatic heterocycles. The van der Waals surface area contributed by atoms with Gasteiger partial charge in [-0.25, -0.2) is 8.42 Å². The second-order valence-corrected chi connectivity index (χ2v) is 6.64. The van der Waals surface area contributed by atoms with Crippen molar-refractivity contribution in [1.82, 2.24) is 9.21 Å². The Morgan fingerprint density at radius 3 is 2.44 bits per heavy atom. The van der Waals surface area contributed by atoms with Crippen LogP contribution in [0.5, 0.6) is 0 Å². The van der Waals surface area contributed by atoms with E-state index in [1.807, 2.05) is 0 Å². The summed E-state index contributed by atoms with van der Waals surface area (Å²) in [6, 6.07) is 1.76. The molecule has 18 heavy (non-hydrogen) atoms. The Balaban J connectivity index is 2.67. The molecule has 0 aliphatic carbocycles. The number of carbonyl (C=O) groups excluding carboxylic acids is 1. The maximum Gasteiger partial charge on any atom is 0.237 e. The van der Waals surface area contributed by atoms with Crippen LogP contribution in [-0.2, 0) is 14.8 Å². The lowest BCUT2D eigenvalue weighted by atomic mass is 10.4. The highest BCUT2D eigenvalue weighted by atomic mass is 32.2. The third-order valence-corrected chi connectivity index (χ3v) is 5.28. The highest BCUT2D eigenvalue weighted by Crippen LogP contribution is 2.12. The first-order chi connectivity index (χ1) is 8.43. The fourth-order valence-corrected chi connectivity index (χ4v) is 3.21. The summed E-state index contributed by atoms with van der Waals surface area (Å²) in [5, 5.41) is 7.73. The average molecular weight is 273 g/mol. The maximum atomic E-state index is 12.0. The van der Waals surface area contributed by atoms with Gasteiger partial charge in [0.15, 0.2) is 5.25 Å². The molecule has 1 heterocycles. The summed E-state index contributed by atoms with van der Waals surface area (Å²) in [5.41, 5.74) is 0. The Morgan fingerprint density at radius 2 is 2.00 bits per heavy atom. The first kappa shape index (κ1) is 14.9. The summed E-state index contributed by atoms with van der Waals surface area (Å²) >= 11 is 0. The smallest absolute Gasteiger partial charge is 0.237 e. The average Bonchev–Trinajstić information content (AvgIpc) is 2.83. The van der Waals surface area contributed by atoms with E-state index in [2.05, 4.69) is 0 Å². The summed E-state index contributed by atoms with van der Waals surface area (Å²) in [6.07, 6.45) is 2.16. The number of nitriles is 1. The van der Waals surface area contributed by atoms with Crippen LogP contribution < -0.4 is 0 Å². The molecule has 0 N–H and O–H groups in total. The van der Waals surface area contributed by atoms with Crippen molar-refractivity contribution in [2.45, 2.75) is 31.4 Å². The fraction of sp³-hybridized carbons (Fsp3) is 0.818. The fourth-order valence-electron chi connectivity index (χ4n) is 1.93. The minimum absolute atomic E-state index is 0.180. The van der Waals surface area contributed by atoms with Crippen LogP contribution in [0.4, 0.5) is 0 Å². The van der Waals surface area contributed by atoms with E-state index >= 15 is 0 Å². The molecule has 1 atom stereocenters. The van der Waals surface area contributed by atoms with Crippen LogP contribution in [0.15, 0.2) is 0 Å². The molecule has 1 amide bonds. The lowest BCUT2D eigenvalue weighted by Crippen LogP contribution is -2.42. The molecule has 0 aromatic carbocycles. The molecule has 0 bridgehead atoms. The molecule has 0 aromatic rings. The SMILES string of the molecule is CCC(C#N)S(=O)(=O)N(C)CC(=O)N1CCCC1. The van der Waals surface area contributed by atoms with Crippen LogP contribution in [0.1, 0.15) is 26.2 Å². The predicted octanol–water partition coefficient (Wildman–Crippen LogP) is 0.173. The molecule has 0 spiro atoms. The van der Waals surface area contributed by atoms with E-state index in [0.29, 0.717) is 13.1 Å². The van der Waals surface area contributed by atoms with Gasteiger partial charge in [-0.2, -0.15) is 9.57 Å². The lowest BCUT2D eigenvalue weighted by Gasteiger charge is -2.22. The zero-order valence-corrected chi connectivity index (χ0v) is 11.6. The van der Waals surface area contributed by atoms with Crippen molar-refractivity contribution in [3.63, 3.8) is 0 Å². The molecule has 1 saturated heterocycles. The summed E-state index contributed by atoms with van der Waals surface area (Å²) in [4.78, 5) is 13.5. The van der Waals surface area contributed by atoms with E-state index in [-0.39, 0.29) is 18.9 Å². The maximum absolute atomic E-state index is 12.0. The summed E-state index contributed by atoms with van der Waals surface area (Å²) in [7, 11) is -2.35. The van der Waals surface area contributed by atoms with Crippen molar-refractivity contribution in [3.05, 3.63) is 0 Å². The van der Waals surface area contributed by atoms with E-state index in [0.717, 1.165) is 17.1 Å². The second kappa shape index (κ2) is 6.16. The Kier molecular flexibility index (Phi) is 5.11. The van der Waals surface area contributed by atoms with Crippen LogP contribution in [0.25, 0.3) is 0 Å². The van der Waals surface area contributed by atoms with Crippen molar-refractivity contribution in [3.8, 4) is 6.07 Å². The first-order valence-corrected chi connectivity index (χ1v) is 7.56. The van der Waals surface area contributed by atoms with E-state index in [1.165, 1.54) is 7.05 Å². The zero-order chi connectivity index (χ0) is 13.8. The molecule has 102 valence electrons.